The first-order chi connectivity index (χ1) is 12.4. The Labute approximate surface area is 156 Å². The predicted octanol–water partition coefficient (Wildman–Crippen LogP) is 2.38. The number of hydrogen-bond donors (Lipinski definition) is 1. The van der Waals surface area contributed by atoms with E-state index in [9.17, 15) is 9.59 Å². The van der Waals surface area contributed by atoms with Gasteiger partial charge in [-0.2, -0.15) is 10.4 Å². The molecular weight excluding hydrogens is 352 g/mol. The molecule has 1 heterocycles. The summed E-state index contributed by atoms with van der Waals surface area (Å²) in [5, 5.41) is 15.6. The minimum Gasteiger partial charge on any atom is -0.455 e. The summed E-state index contributed by atoms with van der Waals surface area (Å²) in [7, 11) is 1.81. The lowest BCUT2D eigenvalue weighted by atomic mass is 10.1. The van der Waals surface area contributed by atoms with Crippen molar-refractivity contribution in [2.24, 2.45) is 7.05 Å². The van der Waals surface area contributed by atoms with Crippen molar-refractivity contribution in [2.45, 2.75) is 25.2 Å². The van der Waals surface area contributed by atoms with Crippen LogP contribution in [0.2, 0.25) is 0 Å². The highest BCUT2D eigenvalue weighted by molar-refractivity contribution is 7.99. The third-order valence-electron chi connectivity index (χ3n) is 3.80. The molecule has 0 aliphatic carbocycles. The summed E-state index contributed by atoms with van der Waals surface area (Å²) >= 11 is 1.33. The van der Waals surface area contributed by atoms with E-state index in [4.69, 9.17) is 10.00 Å². The van der Waals surface area contributed by atoms with Gasteiger partial charge in [0.15, 0.2) is 6.61 Å². The van der Waals surface area contributed by atoms with Gasteiger partial charge in [0.25, 0.3) is 5.91 Å². The Bertz CT molecular complexity index is 855. The molecule has 1 aromatic carbocycles. The van der Waals surface area contributed by atoms with Crippen LogP contribution in [0.15, 0.2) is 29.2 Å². The predicted molar refractivity (Wildman–Crippen MR) is 98.8 cm³/mol. The van der Waals surface area contributed by atoms with Crippen molar-refractivity contribution in [1.29, 1.82) is 5.26 Å². The van der Waals surface area contributed by atoms with Crippen LogP contribution in [0.1, 0.15) is 17.0 Å². The van der Waals surface area contributed by atoms with E-state index in [0.717, 1.165) is 21.8 Å². The van der Waals surface area contributed by atoms with Gasteiger partial charge in [-0.1, -0.05) is 12.1 Å². The molecule has 0 fully saturated rings. The van der Waals surface area contributed by atoms with Gasteiger partial charge in [0, 0.05) is 23.2 Å². The van der Waals surface area contributed by atoms with Crippen LogP contribution in [0, 0.1) is 25.2 Å². The van der Waals surface area contributed by atoms with E-state index in [2.05, 4.69) is 10.4 Å². The lowest BCUT2D eigenvalue weighted by Gasteiger charge is -2.10. The molecule has 0 bridgehead atoms. The average molecular weight is 372 g/mol. The number of ether oxygens (including phenoxy) is 1. The van der Waals surface area contributed by atoms with Crippen LogP contribution in [0.4, 0.5) is 5.69 Å². The van der Waals surface area contributed by atoms with Gasteiger partial charge < -0.3 is 10.1 Å². The van der Waals surface area contributed by atoms with Gasteiger partial charge in [0.05, 0.1) is 29.6 Å². The Morgan fingerprint density at radius 2 is 2.08 bits per heavy atom. The van der Waals surface area contributed by atoms with Crippen molar-refractivity contribution in [3.8, 4) is 6.07 Å². The third kappa shape index (κ3) is 5.10. The van der Waals surface area contributed by atoms with E-state index in [0.29, 0.717) is 5.69 Å². The SMILES string of the molecule is Cc1nn(C)c(C)c1CC(=O)OCC(=O)Nc1ccccc1SCC#N. The molecule has 1 amide bonds. The van der Waals surface area contributed by atoms with Crippen molar-refractivity contribution in [1.82, 2.24) is 9.78 Å². The normalized spacial score (nSPS) is 10.2. The second kappa shape index (κ2) is 9.06. The Kier molecular flexibility index (Phi) is 6.81. The zero-order valence-corrected chi connectivity index (χ0v) is 15.7. The number of carbonyl (C=O) groups is 2. The Balaban J connectivity index is 1.89. The van der Waals surface area contributed by atoms with Crippen molar-refractivity contribution < 1.29 is 14.3 Å². The van der Waals surface area contributed by atoms with Crippen LogP contribution in [0.5, 0.6) is 0 Å². The Morgan fingerprint density at radius 1 is 1.35 bits per heavy atom. The minimum atomic E-state index is -0.480. The minimum absolute atomic E-state index is 0.0768. The topological polar surface area (TPSA) is 97.0 Å². The first-order valence-electron chi connectivity index (χ1n) is 7.95. The molecule has 1 N–H and O–H groups in total. The summed E-state index contributed by atoms with van der Waals surface area (Å²) in [6.07, 6.45) is 0.0768. The number of nitrogens with one attached hydrogen (secondary N) is 1. The number of hydrogen-bond acceptors (Lipinski definition) is 6. The second-order valence-electron chi connectivity index (χ2n) is 5.60. The monoisotopic (exact) mass is 372 g/mol. The highest BCUT2D eigenvalue weighted by atomic mass is 32.2. The van der Waals surface area contributed by atoms with Gasteiger partial charge in [-0.3, -0.25) is 14.3 Å². The van der Waals surface area contributed by atoms with E-state index in [1.54, 1.807) is 16.8 Å². The van der Waals surface area contributed by atoms with Crippen LogP contribution in [0.25, 0.3) is 0 Å². The number of para-hydroxylation sites is 1. The molecule has 8 heteroatoms. The van der Waals surface area contributed by atoms with E-state index in [1.165, 1.54) is 11.8 Å². The summed E-state index contributed by atoms with van der Waals surface area (Å²) in [6, 6.07) is 9.21. The average Bonchev–Trinajstić information content (AvgIpc) is 2.85. The molecule has 0 spiro atoms. The van der Waals surface area contributed by atoms with Gasteiger partial charge in [-0.05, 0) is 26.0 Å². The second-order valence-corrected chi connectivity index (χ2v) is 6.62. The maximum absolute atomic E-state index is 12.1. The number of anilines is 1. The van der Waals surface area contributed by atoms with Crippen LogP contribution >= 0.6 is 11.8 Å². The molecule has 2 aromatic rings. The number of benzene rings is 1. The van der Waals surface area contributed by atoms with Gasteiger partial charge >= 0.3 is 5.97 Å². The molecule has 1 aromatic heterocycles. The first kappa shape index (κ1) is 19.5. The van der Waals surface area contributed by atoms with Crippen molar-refractivity contribution in [3.63, 3.8) is 0 Å². The van der Waals surface area contributed by atoms with Crippen LogP contribution in [0.3, 0.4) is 0 Å². The van der Waals surface area contributed by atoms with Gasteiger partial charge in [-0.25, -0.2) is 0 Å². The molecule has 26 heavy (non-hydrogen) atoms. The zero-order valence-electron chi connectivity index (χ0n) is 14.9. The molecular formula is C18H20N4O3S. The standard InChI is InChI=1S/C18H20N4O3S/c1-12-14(13(2)22(3)21-12)10-18(24)25-11-17(23)20-15-6-4-5-7-16(15)26-9-8-19/h4-7H,9-11H2,1-3H3,(H,20,23). The molecule has 2 rings (SSSR count). The largest absolute Gasteiger partial charge is 0.455 e. The fourth-order valence-corrected chi connectivity index (χ4v) is 3.08. The highest BCUT2D eigenvalue weighted by Crippen LogP contribution is 2.26. The molecule has 0 radical (unpaired) electrons. The van der Waals surface area contributed by atoms with E-state index in [1.807, 2.05) is 39.1 Å². The van der Waals surface area contributed by atoms with E-state index in [-0.39, 0.29) is 18.8 Å². The number of thioether (sulfide) groups is 1. The highest BCUT2D eigenvalue weighted by Gasteiger charge is 2.16. The zero-order chi connectivity index (χ0) is 19.1. The molecule has 0 saturated carbocycles. The lowest BCUT2D eigenvalue weighted by molar-refractivity contribution is -0.146. The quantitative estimate of drug-likeness (QED) is 0.592. The van der Waals surface area contributed by atoms with Crippen molar-refractivity contribution >= 4 is 29.3 Å². The summed E-state index contributed by atoms with van der Waals surface area (Å²) < 4.78 is 6.78. The number of rotatable bonds is 7. The van der Waals surface area contributed by atoms with Crippen LogP contribution in [-0.2, 0) is 27.8 Å². The maximum atomic E-state index is 12.1. The molecule has 0 unspecified atom stereocenters. The number of nitrogens with zero attached hydrogens (tertiary/aromatic N) is 3. The third-order valence-corrected chi connectivity index (χ3v) is 4.74. The fourth-order valence-electron chi connectivity index (χ4n) is 2.41. The van der Waals surface area contributed by atoms with Gasteiger partial charge in [0.2, 0.25) is 0 Å². The molecule has 136 valence electrons. The van der Waals surface area contributed by atoms with Crippen molar-refractivity contribution in [3.05, 3.63) is 41.2 Å². The van der Waals surface area contributed by atoms with Crippen LogP contribution < -0.4 is 5.32 Å². The summed E-state index contributed by atoms with van der Waals surface area (Å²) in [5.41, 5.74) is 3.08. The molecule has 0 atom stereocenters. The van der Waals surface area contributed by atoms with Crippen molar-refractivity contribution in [2.75, 3.05) is 17.7 Å². The smallest absolute Gasteiger partial charge is 0.310 e. The molecule has 7 nitrogen and oxygen atoms in total. The number of aromatic nitrogens is 2. The molecule has 0 saturated heterocycles. The summed E-state index contributed by atoms with van der Waals surface area (Å²) in [6.45, 7) is 3.34. The van der Waals surface area contributed by atoms with E-state index < -0.39 is 11.9 Å². The summed E-state index contributed by atoms with van der Waals surface area (Å²) in [5.74, 6) is -0.624. The maximum Gasteiger partial charge on any atom is 0.310 e. The Morgan fingerprint density at radius 3 is 2.73 bits per heavy atom. The van der Waals surface area contributed by atoms with Crippen LogP contribution in [-0.4, -0.2) is 34.0 Å². The fraction of sp³-hybridized carbons (Fsp3) is 0.333. The lowest BCUT2D eigenvalue weighted by Crippen LogP contribution is -2.22. The van der Waals surface area contributed by atoms with Gasteiger partial charge in [0.1, 0.15) is 0 Å². The number of nitriles is 1. The summed E-state index contributed by atoms with van der Waals surface area (Å²) in [4.78, 5) is 24.9. The number of carbonyl (C=O) groups excluding carboxylic acids is 2. The number of esters is 1. The Hall–Kier alpha value is -2.79. The number of aryl methyl sites for hydroxylation is 2. The first-order valence-corrected chi connectivity index (χ1v) is 8.94. The molecule has 0 aliphatic heterocycles. The van der Waals surface area contributed by atoms with E-state index >= 15 is 0 Å². The van der Waals surface area contributed by atoms with Gasteiger partial charge in [-0.15, -0.1) is 11.8 Å². The molecule has 0 aliphatic rings. The number of amides is 1.